The Balaban J connectivity index is 1.99. The fraction of sp³-hybridized carbons (Fsp3) is 0. The standard InChI is InChI=1S/C14H11N5O2/c15-14-11(19(20)21)6-7-12(18-14)17-10-5-1-3-9-4-2-8-16-13(9)10/h1-8H,(H3,15,17,18). The van der Waals surface area contributed by atoms with Crippen LogP contribution < -0.4 is 11.1 Å². The lowest BCUT2D eigenvalue weighted by molar-refractivity contribution is -0.384. The van der Waals surface area contributed by atoms with Crippen LogP contribution in [0.4, 0.5) is 23.0 Å². The van der Waals surface area contributed by atoms with Crippen LogP contribution in [-0.2, 0) is 0 Å². The molecule has 21 heavy (non-hydrogen) atoms. The van der Waals surface area contributed by atoms with Crippen LogP contribution in [-0.4, -0.2) is 14.9 Å². The molecule has 0 unspecified atom stereocenters. The van der Waals surface area contributed by atoms with E-state index in [1.807, 2.05) is 30.3 Å². The maximum Gasteiger partial charge on any atom is 0.311 e. The van der Waals surface area contributed by atoms with Crippen molar-refractivity contribution in [2.45, 2.75) is 0 Å². The van der Waals surface area contributed by atoms with E-state index in [9.17, 15) is 10.1 Å². The normalized spacial score (nSPS) is 10.5. The molecule has 0 saturated carbocycles. The number of anilines is 3. The smallest absolute Gasteiger partial charge is 0.311 e. The van der Waals surface area contributed by atoms with E-state index in [0.29, 0.717) is 5.82 Å². The fourth-order valence-corrected chi connectivity index (χ4v) is 2.03. The number of para-hydroxylation sites is 1. The van der Waals surface area contributed by atoms with E-state index in [1.165, 1.54) is 12.1 Å². The number of pyridine rings is 2. The molecule has 0 aliphatic carbocycles. The SMILES string of the molecule is Nc1nc(Nc2cccc3cccnc23)ccc1[N+](=O)[O-]. The van der Waals surface area contributed by atoms with E-state index < -0.39 is 4.92 Å². The number of nitrogens with two attached hydrogens (primary N) is 1. The highest BCUT2D eigenvalue weighted by Crippen LogP contribution is 2.26. The molecule has 0 aliphatic heterocycles. The molecule has 0 radical (unpaired) electrons. The molecule has 0 spiro atoms. The van der Waals surface area contributed by atoms with Crippen LogP contribution in [0.3, 0.4) is 0 Å². The Morgan fingerprint density at radius 3 is 2.71 bits per heavy atom. The Hall–Kier alpha value is -3.22. The maximum atomic E-state index is 10.7. The van der Waals surface area contributed by atoms with Gasteiger partial charge in [-0.05, 0) is 18.2 Å². The minimum absolute atomic E-state index is 0.127. The van der Waals surface area contributed by atoms with Crippen LogP contribution in [0.25, 0.3) is 10.9 Å². The molecule has 1 aromatic carbocycles. The van der Waals surface area contributed by atoms with Crippen LogP contribution in [0.2, 0.25) is 0 Å². The van der Waals surface area contributed by atoms with Gasteiger partial charge in [-0.1, -0.05) is 18.2 Å². The number of hydrogen-bond donors (Lipinski definition) is 2. The second-order valence-electron chi connectivity index (χ2n) is 4.36. The number of rotatable bonds is 3. The molecule has 0 aliphatic rings. The molecule has 7 nitrogen and oxygen atoms in total. The van der Waals surface area contributed by atoms with Gasteiger partial charge in [-0.2, -0.15) is 0 Å². The molecular weight excluding hydrogens is 270 g/mol. The molecule has 0 amide bonds. The number of nitrogens with one attached hydrogen (secondary N) is 1. The van der Waals surface area contributed by atoms with Gasteiger partial charge in [-0.25, -0.2) is 4.98 Å². The summed E-state index contributed by atoms with van der Waals surface area (Å²) in [5.41, 5.74) is 6.92. The van der Waals surface area contributed by atoms with E-state index in [0.717, 1.165) is 16.6 Å². The van der Waals surface area contributed by atoms with Crippen LogP contribution >= 0.6 is 0 Å². The summed E-state index contributed by atoms with van der Waals surface area (Å²) in [5, 5.41) is 14.8. The van der Waals surface area contributed by atoms with Gasteiger partial charge in [0.1, 0.15) is 5.82 Å². The Morgan fingerprint density at radius 1 is 1.14 bits per heavy atom. The number of aromatic nitrogens is 2. The van der Waals surface area contributed by atoms with Crippen molar-refractivity contribution in [3.05, 3.63) is 58.8 Å². The first kappa shape index (κ1) is 12.8. The van der Waals surface area contributed by atoms with Crippen LogP contribution in [0.5, 0.6) is 0 Å². The number of nitrogens with zero attached hydrogens (tertiary/aromatic N) is 3. The lowest BCUT2D eigenvalue weighted by atomic mass is 10.2. The van der Waals surface area contributed by atoms with Crippen molar-refractivity contribution in [3.8, 4) is 0 Å². The van der Waals surface area contributed by atoms with Crippen LogP contribution in [0, 0.1) is 10.1 Å². The fourth-order valence-electron chi connectivity index (χ4n) is 2.03. The lowest BCUT2D eigenvalue weighted by Crippen LogP contribution is -2.02. The third-order valence-corrected chi connectivity index (χ3v) is 2.99. The predicted octanol–water partition coefficient (Wildman–Crippen LogP) is 2.86. The van der Waals surface area contributed by atoms with Crippen molar-refractivity contribution >= 4 is 33.9 Å². The first-order chi connectivity index (χ1) is 10.1. The molecule has 7 heteroatoms. The monoisotopic (exact) mass is 281 g/mol. The largest absolute Gasteiger partial charge is 0.378 e. The summed E-state index contributed by atoms with van der Waals surface area (Å²) in [4.78, 5) is 18.5. The zero-order valence-corrected chi connectivity index (χ0v) is 10.9. The Bertz CT molecular complexity index is 829. The second-order valence-corrected chi connectivity index (χ2v) is 4.36. The number of fused-ring (bicyclic) bond motifs is 1. The van der Waals surface area contributed by atoms with E-state index >= 15 is 0 Å². The molecule has 3 N–H and O–H groups in total. The van der Waals surface area contributed by atoms with Crippen molar-refractivity contribution in [2.24, 2.45) is 0 Å². The van der Waals surface area contributed by atoms with E-state index in [2.05, 4.69) is 15.3 Å². The molecular formula is C14H11N5O2. The van der Waals surface area contributed by atoms with E-state index in [-0.39, 0.29) is 11.5 Å². The number of benzene rings is 1. The molecule has 0 saturated heterocycles. The zero-order valence-electron chi connectivity index (χ0n) is 10.9. The molecule has 0 atom stereocenters. The van der Waals surface area contributed by atoms with Crippen molar-refractivity contribution in [1.29, 1.82) is 0 Å². The molecule has 2 heterocycles. The van der Waals surface area contributed by atoms with Crippen molar-refractivity contribution in [3.63, 3.8) is 0 Å². The molecule has 104 valence electrons. The van der Waals surface area contributed by atoms with E-state index in [4.69, 9.17) is 5.73 Å². The zero-order chi connectivity index (χ0) is 14.8. The number of nitro groups is 1. The molecule has 0 fully saturated rings. The average molecular weight is 281 g/mol. The number of nitrogen functional groups attached to an aromatic ring is 1. The van der Waals surface area contributed by atoms with Crippen LogP contribution in [0.15, 0.2) is 48.7 Å². The average Bonchev–Trinajstić information content (AvgIpc) is 2.47. The Kier molecular flexibility index (Phi) is 3.07. The van der Waals surface area contributed by atoms with Gasteiger partial charge in [-0.15, -0.1) is 0 Å². The van der Waals surface area contributed by atoms with Crippen molar-refractivity contribution < 1.29 is 4.92 Å². The second kappa shape index (κ2) is 5.04. The maximum absolute atomic E-state index is 10.7. The lowest BCUT2D eigenvalue weighted by Gasteiger charge is -2.08. The topological polar surface area (TPSA) is 107 Å². The third-order valence-electron chi connectivity index (χ3n) is 2.99. The van der Waals surface area contributed by atoms with Crippen LogP contribution in [0.1, 0.15) is 0 Å². The summed E-state index contributed by atoms with van der Waals surface area (Å²) in [6.07, 6.45) is 1.70. The summed E-state index contributed by atoms with van der Waals surface area (Å²) in [5.74, 6) is 0.300. The summed E-state index contributed by atoms with van der Waals surface area (Å²) >= 11 is 0. The molecule has 0 bridgehead atoms. The van der Waals surface area contributed by atoms with Gasteiger partial charge in [-0.3, -0.25) is 15.1 Å². The van der Waals surface area contributed by atoms with Crippen molar-refractivity contribution in [2.75, 3.05) is 11.1 Å². The van der Waals surface area contributed by atoms with Gasteiger partial charge >= 0.3 is 5.69 Å². The first-order valence-corrected chi connectivity index (χ1v) is 6.17. The quantitative estimate of drug-likeness (QED) is 0.564. The van der Waals surface area contributed by atoms with Gasteiger partial charge < -0.3 is 11.1 Å². The van der Waals surface area contributed by atoms with Gasteiger partial charge in [0.25, 0.3) is 0 Å². The molecule has 2 aromatic heterocycles. The molecule has 3 aromatic rings. The Morgan fingerprint density at radius 2 is 1.95 bits per heavy atom. The third kappa shape index (κ3) is 2.44. The number of hydrogen-bond acceptors (Lipinski definition) is 6. The van der Waals surface area contributed by atoms with Crippen molar-refractivity contribution in [1.82, 2.24) is 9.97 Å². The minimum atomic E-state index is -0.564. The molecule has 3 rings (SSSR count). The predicted molar refractivity (Wildman–Crippen MR) is 80.3 cm³/mol. The highest BCUT2D eigenvalue weighted by atomic mass is 16.6. The highest BCUT2D eigenvalue weighted by molar-refractivity contribution is 5.91. The van der Waals surface area contributed by atoms with Gasteiger partial charge in [0, 0.05) is 17.6 Å². The summed E-state index contributed by atoms with van der Waals surface area (Å²) in [7, 11) is 0. The summed E-state index contributed by atoms with van der Waals surface area (Å²) in [6, 6.07) is 12.3. The van der Waals surface area contributed by atoms with Gasteiger partial charge in [0.15, 0.2) is 0 Å². The Labute approximate surface area is 119 Å². The summed E-state index contributed by atoms with van der Waals surface area (Å²) < 4.78 is 0. The minimum Gasteiger partial charge on any atom is -0.378 e. The van der Waals surface area contributed by atoms with Gasteiger partial charge in [0.05, 0.1) is 16.1 Å². The summed E-state index contributed by atoms with van der Waals surface area (Å²) in [6.45, 7) is 0. The highest BCUT2D eigenvalue weighted by Gasteiger charge is 2.13. The first-order valence-electron chi connectivity index (χ1n) is 6.17. The van der Waals surface area contributed by atoms with E-state index in [1.54, 1.807) is 6.20 Å². The van der Waals surface area contributed by atoms with Gasteiger partial charge in [0.2, 0.25) is 5.82 Å².